The van der Waals surface area contributed by atoms with E-state index in [1.165, 1.54) is 0 Å². The zero-order valence-electron chi connectivity index (χ0n) is 10.8. The Labute approximate surface area is 116 Å². The van der Waals surface area contributed by atoms with E-state index in [-0.39, 0.29) is 17.7 Å². The molecule has 0 unspecified atom stereocenters. The molecule has 2 N–H and O–H groups in total. The van der Waals surface area contributed by atoms with Crippen molar-refractivity contribution in [2.75, 3.05) is 36.8 Å². The minimum absolute atomic E-state index is 0.0547. The van der Waals surface area contributed by atoms with Crippen molar-refractivity contribution in [3.63, 3.8) is 0 Å². The number of hydrogen-bond donors (Lipinski definition) is 2. The van der Waals surface area contributed by atoms with Crippen molar-refractivity contribution in [3.8, 4) is 0 Å². The predicted octanol–water partition coefficient (Wildman–Crippen LogP) is 0.991. The number of amides is 1. The molecule has 0 spiro atoms. The van der Waals surface area contributed by atoms with E-state index >= 15 is 0 Å². The first-order valence-corrected chi connectivity index (χ1v) is 6.74. The molecule has 1 fully saturated rings. The first kappa shape index (κ1) is 13.8. The fraction of sp³-hybridized carbons (Fsp3) is 0.636. The second kappa shape index (κ2) is 6.51. The molecule has 0 radical (unpaired) electrons. The van der Waals surface area contributed by atoms with E-state index in [1.807, 2.05) is 11.8 Å². The summed E-state index contributed by atoms with van der Waals surface area (Å²) in [6.07, 6.45) is 2.15. The summed E-state index contributed by atoms with van der Waals surface area (Å²) in [7, 11) is 0. The van der Waals surface area contributed by atoms with Gasteiger partial charge in [0.15, 0.2) is 0 Å². The largest absolute Gasteiger partial charge is 0.354 e. The first-order valence-electron chi connectivity index (χ1n) is 6.36. The minimum atomic E-state index is 0.0547. The van der Waals surface area contributed by atoms with Gasteiger partial charge < -0.3 is 15.5 Å². The molecule has 1 aliphatic rings. The zero-order chi connectivity index (χ0) is 13.7. The zero-order valence-corrected chi connectivity index (χ0v) is 11.6. The average molecular weight is 285 g/mol. The third kappa shape index (κ3) is 3.92. The van der Waals surface area contributed by atoms with Gasteiger partial charge in [0.25, 0.3) is 0 Å². The van der Waals surface area contributed by atoms with E-state index in [0.29, 0.717) is 18.4 Å². The smallest absolute Gasteiger partial charge is 0.241 e. The van der Waals surface area contributed by atoms with E-state index < -0.39 is 0 Å². The summed E-state index contributed by atoms with van der Waals surface area (Å²) < 4.78 is 0. The maximum Gasteiger partial charge on any atom is 0.241 e. The lowest BCUT2D eigenvalue weighted by molar-refractivity contribution is -0.128. The lowest BCUT2D eigenvalue weighted by Crippen LogP contribution is -2.33. The first-order chi connectivity index (χ1) is 9.19. The van der Waals surface area contributed by atoms with Gasteiger partial charge in [0.2, 0.25) is 23.1 Å². The summed E-state index contributed by atoms with van der Waals surface area (Å²) >= 11 is 5.79. The van der Waals surface area contributed by atoms with Crippen LogP contribution < -0.4 is 10.6 Å². The number of aromatic nitrogens is 3. The molecule has 8 heteroatoms. The number of halogens is 1. The van der Waals surface area contributed by atoms with E-state index in [1.54, 1.807) is 0 Å². The van der Waals surface area contributed by atoms with Crippen molar-refractivity contribution in [2.24, 2.45) is 0 Å². The molecular formula is C11H17ClN6O. The molecular weight excluding hydrogens is 268 g/mol. The fourth-order valence-corrected chi connectivity index (χ4v) is 2.06. The SMILES string of the molecule is CCNc1nc(Cl)nc(NCC(=O)N2CCCC2)n1. The second-order valence-corrected chi connectivity index (χ2v) is 4.56. The molecule has 7 nitrogen and oxygen atoms in total. The van der Waals surface area contributed by atoms with Crippen molar-refractivity contribution in [1.29, 1.82) is 0 Å². The van der Waals surface area contributed by atoms with Gasteiger partial charge in [-0.15, -0.1) is 0 Å². The van der Waals surface area contributed by atoms with Crippen molar-refractivity contribution in [1.82, 2.24) is 19.9 Å². The van der Waals surface area contributed by atoms with Gasteiger partial charge in [-0.2, -0.15) is 15.0 Å². The third-order valence-electron chi connectivity index (χ3n) is 2.80. The van der Waals surface area contributed by atoms with Gasteiger partial charge in [-0.3, -0.25) is 4.79 Å². The van der Waals surface area contributed by atoms with Crippen LogP contribution in [-0.2, 0) is 4.79 Å². The van der Waals surface area contributed by atoms with E-state index in [4.69, 9.17) is 11.6 Å². The van der Waals surface area contributed by atoms with Crippen LogP contribution in [0.1, 0.15) is 19.8 Å². The molecule has 2 heterocycles. The standard InChI is InChI=1S/C11H17ClN6O/c1-2-13-10-15-9(12)16-11(17-10)14-7-8(19)18-5-3-4-6-18/h2-7H2,1H3,(H2,13,14,15,16,17). The molecule has 19 heavy (non-hydrogen) atoms. The number of likely N-dealkylation sites (tertiary alicyclic amines) is 1. The number of carbonyl (C=O) groups is 1. The summed E-state index contributed by atoms with van der Waals surface area (Å²) in [5, 5.41) is 5.93. The van der Waals surface area contributed by atoms with Gasteiger partial charge >= 0.3 is 0 Å². The van der Waals surface area contributed by atoms with Crippen LogP contribution in [0.5, 0.6) is 0 Å². The van der Waals surface area contributed by atoms with Crippen LogP contribution in [0.25, 0.3) is 0 Å². The van der Waals surface area contributed by atoms with Crippen molar-refractivity contribution in [3.05, 3.63) is 5.28 Å². The molecule has 0 bridgehead atoms. The average Bonchev–Trinajstić information content (AvgIpc) is 2.89. The van der Waals surface area contributed by atoms with Gasteiger partial charge in [0.05, 0.1) is 6.54 Å². The van der Waals surface area contributed by atoms with E-state index in [0.717, 1.165) is 25.9 Å². The highest BCUT2D eigenvalue weighted by atomic mass is 35.5. The Balaban J connectivity index is 1.92. The van der Waals surface area contributed by atoms with Gasteiger partial charge in [-0.25, -0.2) is 0 Å². The van der Waals surface area contributed by atoms with E-state index in [2.05, 4.69) is 25.6 Å². The maximum atomic E-state index is 11.9. The van der Waals surface area contributed by atoms with Gasteiger partial charge in [0, 0.05) is 19.6 Å². The quantitative estimate of drug-likeness (QED) is 0.839. The van der Waals surface area contributed by atoms with Crippen LogP contribution in [0, 0.1) is 0 Å². The van der Waals surface area contributed by atoms with Crippen molar-refractivity contribution in [2.45, 2.75) is 19.8 Å². The Morgan fingerprint density at radius 1 is 1.21 bits per heavy atom. The number of carbonyl (C=O) groups excluding carboxylic acids is 1. The number of rotatable bonds is 5. The van der Waals surface area contributed by atoms with Crippen LogP contribution in [0.3, 0.4) is 0 Å². The summed E-state index contributed by atoms with van der Waals surface area (Å²) in [5.74, 6) is 0.765. The number of hydrogen-bond acceptors (Lipinski definition) is 6. The lowest BCUT2D eigenvalue weighted by atomic mass is 10.4. The molecule has 1 aromatic rings. The van der Waals surface area contributed by atoms with Crippen LogP contribution in [-0.4, -0.2) is 51.9 Å². The van der Waals surface area contributed by atoms with Crippen LogP contribution >= 0.6 is 11.6 Å². The number of anilines is 2. The molecule has 2 rings (SSSR count). The Morgan fingerprint density at radius 2 is 1.84 bits per heavy atom. The lowest BCUT2D eigenvalue weighted by Gasteiger charge is -2.15. The minimum Gasteiger partial charge on any atom is -0.354 e. The van der Waals surface area contributed by atoms with E-state index in [9.17, 15) is 4.79 Å². The Morgan fingerprint density at radius 3 is 2.47 bits per heavy atom. The molecule has 0 saturated carbocycles. The van der Waals surface area contributed by atoms with Crippen LogP contribution in [0.4, 0.5) is 11.9 Å². The normalized spacial score (nSPS) is 14.5. The van der Waals surface area contributed by atoms with Gasteiger partial charge in [-0.1, -0.05) is 0 Å². The van der Waals surface area contributed by atoms with Crippen LogP contribution in [0.15, 0.2) is 0 Å². The Kier molecular flexibility index (Phi) is 4.73. The van der Waals surface area contributed by atoms with Crippen molar-refractivity contribution < 1.29 is 4.79 Å². The fourth-order valence-electron chi connectivity index (χ4n) is 1.90. The Hall–Kier alpha value is -1.63. The molecule has 104 valence electrons. The second-order valence-electron chi connectivity index (χ2n) is 4.22. The molecule has 0 aromatic carbocycles. The molecule has 0 atom stereocenters. The number of nitrogens with one attached hydrogen (secondary N) is 2. The highest BCUT2D eigenvalue weighted by Gasteiger charge is 2.17. The summed E-state index contributed by atoms with van der Waals surface area (Å²) in [4.78, 5) is 25.7. The monoisotopic (exact) mass is 284 g/mol. The highest BCUT2D eigenvalue weighted by Crippen LogP contribution is 2.10. The van der Waals surface area contributed by atoms with Crippen LogP contribution in [0.2, 0.25) is 5.28 Å². The van der Waals surface area contributed by atoms with Gasteiger partial charge in [-0.05, 0) is 31.4 Å². The molecule has 0 aliphatic carbocycles. The number of nitrogens with zero attached hydrogens (tertiary/aromatic N) is 4. The summed E-state index contributed by atoms with van der Waals surface area (Å²) in [6, 6.07) is 0. The highest BCUT2D eigenvalue weighted by molar-refractivity contribution is 6.28. The van der Waals surface area contributed by atoms with Crippen molar-refractivity contribution >= 4 is 29.4 Å². The Bertz CT molecular complexity index is 449. The molecule has 1 saturated heterocycles. The maximum absolute atomic E-state index is 11.9. The molecule has 1 amide bonds. The third-order valence-corrected chi connectivity index (χ3v) is 2.97. The van der Waals surface area contributed by atoms with Gasteiger partial charge in [0.1, 0.15) is 0 Å². The summed E-state index contributed by atoms with van der Waals surface area (Å²) in [6.45, 7) is 4.46. The molecule has 1 aromatic heterocycles. The summed E-state index contributed by atoms with van der Waals surface area (Å²) in [5.41, 5.74) is 0. The topological polar surface area (TPSA) is 83.0 Å². The molecule has 1 aliphatic heterocycles. The predicted molar refractivity (Wildman–Crippen MR) is 73.3 cm³/mol.